The second-order valence-corrected chi connectivity index (χ2v) is 3.62. The third kappa shape index (κ3) is 5.27. The van der Waals surface area contributed by atoms with Crippen molar-refractivity contribution in [1.82, 2.24) is 9.97 Å². The minimum absolute atomic E-state index is 0.482. The summed E-state index contributed by atoms with van der Waals surface area (Å²) in [4.78, 5) is 7.21. The molecule has 1 rings (SSSR count). The van der Waals surface area contributed by atoms with Crippen LogP contribution < -0.4 is 5.32 Å². The number of hydrogen-bond acceptors (Lipinski definition) is 4. The zero-order valence-electron chi connectivity index (χ0n) is 9.03. The highest BCUT2D eigenvalue weighted by Gasteiger charge is 1.97. The van der Waals surface area contributed by atoms with E-state index in [-0.39, 0.29) is 0 Å². The Labute approximate surface area is 88.9 Å². The molecular formula is C10H16FN3O. The Bertz CT molecular complexity index is 294. The highest BCUT2D eigenvalue weighted by Crippen LogP contribution is 2.01. The summed E-state index contributed by atoms with van der Waals surface area (Å²) in [6.07, 6.45) is 1.19. The maximum atomic E-state index is 12.6. The van der Waals surface area contributed by atoms with Crippen LogP contribution in [0.5, 0.6) is 0 Å². The highest BCUT2D eigenvalue weighted by molar-refractivity contribution is 5.31. The summed E-state index contributed by atoms with van der Waals surface area (Å²) >= 11 is 0. The van der Waals surface area contributed by atoms with Gasteiger partial charge in [-0.05, 0) is 5.92 Å². The molecule has 0 aliphatic rings. The number of anilines is 1. The molecule has 0 saturated heterocycles. The van der Waals surface area contributed by atoms with Crippen molar-refractivity contribution in [3.05, 3.63) is 18.3 Å². The van der Waals surface area contributed by atoms with Crippen molar-refractivity contribution in [1.29, 1.82) is 0 Å². The van der Waals surface area contributed by atoms with Crippen LogP contribution in [0.25, 0.3) is 0 Å². The van der Waals surface area contributed by atoms with E-state index in [9.17, 15) is 4.39 Å². The normalized spacial score (nSPS) is 10.7. The topological polar surface area (TPSA) is 47.0 Å². The second-order valence-electron chi connectivity index (χ2n) is 3.62. The minimum atomic E-state index is -0.532. The van der Waals surface area contributed by atoms with Gasteiger partial charge in [-0.2, -0.15) is 4.39 Å². The molecule has 0 spiro atoms. The molecule has 0 bridgehead atoms. The van der Waals surface area contributed by atoms with Gasteiger partial charge in [0.15, 0.2) is 0 Å². The molecule has 0 amide bonds. The van der Waals surface area contributed by atoms with E-state index in [0.717, 1.165) is 6.61 Å². The minimum Gasteiger partial charge on any atom is -0.379 e. The van der Waals surface area contributed by atoms with Crippen molar-refractivity contribution in [2.75, 3.05) is 25.1 Å². The van der Waals surface area contributed by atoms with Crippen molar-refractivity contribution in [3.63, 3.8) is 0 Å². The molecular weight excluding hydrogens is 197 g/mol. The first kappa shape index (κ1) is 11.8. The van der Waals surface area contributed by atoms with E-state index in [1.165, 1.54) is 12.4 Å². The summed E-state index contributed by atoms with van der Waals surface area (Å²) in [6, 6.07) is 1.25. The number of aromatic nitrogens is 2. The monoisotopic (exact) mass is 213 g/mol. The molecule has 0 unspecified atom stereocenters. The van der Waals surface area contributed by atoms with E-state index in [1.54, 1.807) is 0 Å². The first-order valence-corrected chi connectivity index (χ1v) is 4.97. The predicted molar refractivity (Wildman–Crippen MR) is 56.1 cm³/mol. The van der Waals surface area contributed by atoms with Gasteiger partial charge in [-0.1, -0.05) is 13.8 Å². The molecule has 0 aliphatic carbocycles. The van der Waals surface area contributed by atoms with Gasteiger partial charge >= 0.3 is 0 Å². The van der Waals surface area contributed by atoms with Gasteiger partial charge in [0.05, 0.1) is 6.61 Å². The number of ether oxygens (including phenoxy) is 1. The summed E-state index contributed by atoms with van der Waals surface area (Å²) in [5.74, 6) is 0.479. The van der Waals surface area contributed by atoms with Gasteiger partial charge in [-0.15, -0.1) is 0 Å². The average molecular weight is 213 g/mol. The van der Waals surface area contributed by atoms with E-state index in [4.69, 9.17) is 4.74 Å². The molecule has 0 fully saturated rings. The summed E-state index contributed by atoms with van der Waals surface area (Å²) in [6.45, 7) is 6.12. The molecule has 1 N–H and O–H groups in total. The third-order valence-electron chi connectivity index (χ3n) is 1.64. The Morgan fingerprint density at radius 2 is 2.27 bits per heavy atom. The molecule has 1 aromatic heterocycles. The maximum Gasteiger partial charge on any atom is 0.217 e. The Morgan fingerprint density at radius 3 is 2.93 bits per heavy atom. The van der Waals surface area contributed by atoms with Gasteiger partial charge in [-0.3, -0.25) is 0 Å². The molecule has 1 heterocycles. The first-order chi connectivity index (χ1) is 7.18. The molecule has 0 atom stereocenters. The van der Waals surface area contributed by atoms with E-state index in [2.05, 4.69) is 29.1 Å². The van der Waals surface area contributed by atoms with Crippen molar-refractivity contribution < 1.29 is 9.13 Å². The van der Waals surface area contributed by atoms with E-state index >= 15 is 0 Å². The molecule has 84 valence electrons. The molecule has 15 heavy (non-hydrogen) atoms. The lowest BCUT2D eigenvalue weighted by atomic mass is 10.2. The van der Waals surface area contributed by atoms with Crippen LogP contribution in [0.4, 0.5) is 10.2 Å². The predicted octanol–water partition coefficient (Wildman–Crippen LogP) is 1.70. The summed E-state index contributed by atoms with van der Waals surface area (Å²) in [5.41, 5.74) is 0. The Hall–Kier alpha value is -1.23. The van der Waals surface area contributed by atoms with E-state index in [1.807, 2.05) is 0 Å². The summed E-state index contributed by atoms with van der Waals surface area (Å²) in [7, 11) is 0. The van der Waals surface area contributed by atoms with Crippen LogP contribution in [0.3, 0.4) is 0 Å². The van der Waals surface area contributed by atoms with Gasteiger partial charge in [0.25, 0.3) is 0 Å². The van der Waals surface area contributed by atoms with Gasteiger partial charge < -0.3 is 10.1 Å². The maximum absolute atomic E-state index is 12.6. The fraction of sp³-hybridized carbons (Fsp3) is 0.600. The lowest BCUT2D eigenvalue weighted by Crippen LogP contribution is -2.13. The van der Waals surface area contributed by atoms with Gasteiger partial charge in [-0.25, -0.2) is 9.97 Å². The van der Waals surface area contributed by atoms with Crippen LogP contribution >= 0.6 is 0 Å². The van der Waals surface area contributed by atoms with Crippen LogP contribution in [-0.4, -0.2) is 29.7 Å². The summed E-state index contributed by atoms with van der Waals surface area (Å²) in [5, 5.41) is 2.94. The molecule has 1 aromatic rings. The van der Waals surface area contributed by atoms with Crippen LogP contribution in [0.2, 0.25) is 0 Å². The van der Waals surface area contributed by atoms with E-state index < -0.39 is 5.95 Å². The smallest absolute Gasteiger partial charge is 0.217 e. The molecule has 0 radical (unpaired) electrons. The molecule has 4 nitrogen and oxygen atoms in total. The number of rotatable bonds is 6. The van der Waals surface area contributed by atoms with Gasteiger partial charge in [0.1, 0.15) is 12.1 Å². The van der Waals surface area contributed by atoms with Crippen LogP contribution in [0, 0.1) is 11.9 Å². The van der Waals surface area contributed by atoms with Crippen molar-refractivity contribution >= 4 is 5.82 Å². The van der Waals surface area contributed by atoms with Crippen LogP contribution in [-0.2, 0) is 4.74 Å². The Balaban J connectivity index is 2.15. The second kappa shape index (κ2) is 6.29. The lowest BCUT2D eigenvalue weighted by Gasteiger charge is -2.07. The zero-order chi connectivity index (χ0) is 11.1. The van der Waals surface area contributed by atoms with Crippen LogP contribution in [0.1, 0.15) is 13.8 Å². The molecule has 0 aliphatic heterocycles. The SMILES string of the molecule is CC(C)COCCNc1cc(F)ncn1. The molecule has 0 saturated carbocycles. The standard InChI is InChI=1S/C10H16FN3O/c1-8(2)6-15-4-3-12-10-5-9(11)13-7-14-10/h5,7-8H,3-4,6H2,1-2H3,(H,12,13,14). The number of hydrogen-bond donors (Lipinski definition) is 1. The third-order valence-corrected chi connectivity index (χ3v) is 1.64. The van der Waals surface area contributed by atoms with E-state index in [0.29, 0.717) is 24.9 Å². The quantitative estimate of drug-likeness (QED) is 0.577. The first-order valence-electron chi connectivity index (χ1n) is 4.97. The zero-order valence-corrected chi connectivity index (χ0v) is 9.03. The van der Waals surface area contributed by atoms with Gasteiger partial charge in [0.2, 0.25) is 5.95 Å². The fourth-order valence-corrected chi connectivity index (χ4v) is 1.00. The Kier molecular flexibility index (Phi) is 4.97. The molecule has 0 aromatic carbocycles. The molecule has 5 heteroatoms. The van der Waals surface area contributed by atoms with Crippen LogP contribution in [0.15, 0.2) is 12.4 Å². The van der Waals surface area contributed by atoms with Crippen molar-refractivity contribution in [3.8, 4) is 0 Å². The number of nitrogens with one attached hydrogen (secondary N) is 1. The average Bonchev–Trinajstić information content (AvgIpc) is 2.17. The van der Waals surface area contributed by atoms with Crippen molar-refractivity contribution in [2.24, 2.45) is 5.92 Å². The number of nitrogens with zero attached hydrogens (tertiary/aromatic N) is 2. The van der Waals surface area contributed by atoms with Crippen molar-refractivity contribution in [2.45, 2.75) is 13.8 Å². The Morgan fingerprint density at radius 1 is 1.47 bits per heavy atom. The largest absolute Gasteiger partial charge is 0.379 e. The fourth-order valence-electron chi connectivity index (χ4n) is 1.00. The highest BCUT2D eigenvalue weighted by atomic mass is 19.1. The number of halogens is 1. The summed E-state index contributed by atoms with van der Waals surface area (Å²) < 4.78 is 18.0. The van der Waals surface area contributed by atoms with Gasteiger partial charge in [0, 0.05) is 19.2 Å². The lowest BCUT2D eigenvalue weighted by molar-refractivity contribution is 0.118.